The van der Waals surface area contributed by atoms with Gasteiger partial charge in [-0.2, -0.15) is 0 Å². The zero-order valence-corrected chi connectivity index (χ0v) is 5.29. The van der Waals surface area contributed by atoms with E-state index >= 15 is 0 Å². The van der Waals surface area contributed by atoms with E-state index < -0.39 is 0 Å². The molecule has 4 unspecified atom stereocenters. The zero-order valence-electron chi connectivity index (χ0n) is 5.29. The molecule has 0 spiro atoms. The summed E-state index contributed by atoms with van der Waals surface area (Å²) in [6.07, 6.45) is 2.84. The summed E-state index contributed by atoms with van der Waals surface area (Å²) in [5.41, 5.74) is 0. The number of ether oxygens (including phenoxy) is 1. The van der Waals surface area contributed by atoms with Crippen LogP contribution < -0.4 is 0 Å². The second-order valence-corrected chi connectivity index (χ2v) is 3.01. The molecule has 1 saturated carbocycles. The molecule has 1 nitrogen and oxygen atoms in total. The van der Waals surface area contributed by atoms with E-state index in [1.54, 1.807) is 0 Å². The van der Waals surface area contributed by atoms with Gasteiger partial charge in [-0.3, -0.25) is 0 Å². The van der Waals surface area contributed by atoms with Crippen LogP contribution in [0.15, 0.2) is 0 Å². The van der Waals surface area contributed by atoms with Crippen LogP contribution >= 0.6 is 0 Å². The van der Waals surface area contributed by atoms with Gasteiger partial charge in [0.25, 0.3) is 0 Å². The Balaban J connectivity index is 1.98. The van der Waals surface area contributed by atoms with Crippen LogP contribution in [-0.4, -0.2) is 27.9 Å². The molecule has 4 radical (unpaired) electrons. The number of hydrogen-bond acceptors (Lipinski definition) is 1. The molecule has 0 amide bonds. The van der Waals surface area contributed by atoms with Gasteiger partial charge in [-0.1, -0.05) is 11.6 Å². The number of epoxide rings is 1. The summed E-state index contributed by atoms with van der Waals surface area (Å²) in [4.78, 5) is 0. The molecular weight excluding hydrogens is 110 g/mol. The molecule has 0 bridgehead atoms. The minimum absolute atomic E-state index is 0.175. The largest absolute Gasteiger partial charge is 0.370 e. The lowest BCUT2D eigenvalue weighted by molar-refractivity contribution is 0.373. The van der Waals surface area contributed by atoms with E-state index in [-0.39, 0.29) is 11.6 Å². The highest BCUT2D eigenvalue weighted by Crippen LogP contribution is 2.45. The molecule has 1 heterocycles. The second kappa shape index (κ2) is 1.79. The molecule has 1 saturated heterocycles. The molecule has 0 aromatic carbocycles. The lowest BCUT2D eigenvalue weighted by Crippen LogP contribution is -2.15. The molecule has 0 aromatic rings. The first-order valence-electron chi connectivity index (χ1n) is 3.44. The summed E-state index contributed by atoms with van der Waals surface area (Å²) in [7, 11) is 11.4. The third-order valence-electron chi connectivity index (χ3n) is 2.25. The Morgan fingerprint density at radius 3 is 1.89 bits per heavy atom. The molecule has 1 aliphatic heterocycles. The molecule has 9 heavy (non-hydrogen) atoms. The zero-order chi connectivity index (χ0) is 6.43. The molecule has 1 aliphatic carbocycles. The Morgan fingerprint density at radius 2 is 1.44 bits per heavy atom. The van der Waals surface area contributed by atoms with Crippen LogP contribution in [0.1, 0.15) is 12.8 Å². The summed E-state index contributed by atoms with van der Waals surface area (Å²) in [6.45, 7) is 0. The first-order valence-corrected chi connectivity index (χ1v) is 3.44. The predicted octanol–water partition coefficient (Wildman–Crippen LogP) is 0.462. The van der Waals surface area contributed by atoms with Crippen molar-refractivity contribution in [3.05, 3.63) is 0 Å². The molecule has 0 N–H and O–H groups in total. The number of hydrogen-bond donors (Lipinski definition) is 0. The Kier molecular flexibility index (Phi) is 1.16. The highest BCUT2D eigenvalue weighted by atomic mass is 16.6. The number of rotatable bonds is 0. The van der Waals surface area contributed by atoms with E-state index in [9.17, 15) is 0 Å². The Hall–Kier alpha value is 0.0899. The van der Waals surface area contributed by atoms with Gasteiger partial charge in [0.05, 0.1) is 27.9 Å². The van der Waals surface area contributed by atoms with Gasteiger partial charge < -0.3 is 4.74 Å². The highest BCUT2D eigenvalue weighted by molar-refractivity contribution is 6.21. The van der Waals surface area contributed by atoms with Crippen LogP contribution in [-0.2, 0) is 4.74 Å². The van der Waals surface area contributed by atoms with E-state index in [1.165, 1.54) is 0 Å². The van der Waals surface area contributed by atoms with E-state index in [0.29, 0.717) is 12.2 Å². The first kappa shape index (κ1) is 5.84. The minimum atomic E-state index is 0.175. The van der Waals surface area contributed by atoms with Crippen LogP contribution in [0.25, 0.3) is 0 Å². The van der Waals surface area contributed by atoms with E-state index in [2.05, 4.69) is 0 Å². The normalized spacial score (nSPS) is 56.4. The smallest absolute Gasteiger partial charge is 0.0837 e. The van der Waals surface area contributed by atoms with Gasteiger partial charge in [-0.25, -0.2) is 0 Å². The Labute approximate surface area is 58.0 Å². The molecule has 0 aromatic heterocycles. The molecule has 2 rings (SSSR count). The minimum Gasteiger partial charge on any atom is -0.370 e. The Bertz CT molecular complexity index is 114. The maximum absolute atomic E-state index is 5.69. The maximum atomic E-state index is 5.69. The van der Waals surface area contributed by atoms with Gasteiger partial charge in [0.15, 0.2) is 0 Å². The molecule has 4 atom stereocenters. The molecule has 44 valence electrons. The maximum Gasteiger partial charge on any atom is 0.0837 e. The third kappa shape index (κ3) is 0.917. The van der Waals surface area contributed by atoms with E-state index in [0.717, 1.165) is 12.8 Å². The Morgan fingerprint density at radius 1 is 1.00 bits per heavy atom. The van der Waals surface area contributed by atoms with Gasteiger partial charge in [0.1, 0.15) is 0 Å². The summed E-state index contributed by atoms with van der Waals surface area (Å²) in [5.74, 6) is 0.350. The van der Waals surface area contributed by atoms with Crippen molar-refractivity contribution < 1.29 is 4.74 Å². The first-order chi connectivity index (χ1) is 4.27. The summed E-state index contributed by atoms with van der Waals surface area (Å²) in [5, 5.41) is 0. The van der Waals surface area contributed by atoms with Gasteiger partial charge in [-0.05, 0) is 12.8 Å². The molecule has 2 fully saturated rings. The standard InChI is InChI=1S/C6H8B2O/c7-3-1-5-6(9-5)2-4(3)8/h3-6H,1-2H2. The fourth-order valence-electron chi connectivity index (χ4n) is 1.48. The SMILES string of the molecule is [B]C1CC2OC2CC1[B]. The average Bonchev–Trinajstić information content (AvgIpc) is 2.46. The monoisotopic (exact) mass is 118 g/mol. The van der Waals surface area contributed by atoms with Crippen LogP contribution in [0.4, 0.5) is 0 Å². The van der Waals surface area contributed by atoms with Crippen LogP contribution in [0, 0.1) is 0 Å². The van der Waals surface area contributed by atoms with E-state index in [4.69, 9.17) is 20.4 Å². The third-order valence-corrected chi connectivity index (χ3v) is 2.25. The quantitative estimate of drug-likeness (QED) is 0.332. The predicted molar refractivity (Wildman–Crippen MR) is 36.9 cm³/mol. The number of fused-ring (bicyclic) bond motifs is 1. The lowest BCUT2D eigenvalue weighted by atomic mass is 9.60. The van der Waals surface area contributed by atoms with Crippen molar-refractivity contribution in [1.29, 1.82) is 0 Å². The molecular formula is C6H8B2O. The van der Waals surface area contributed by atoms with Crippen molar-refractivity contribution in [1.82, 2.24) is 0 Å². The van der Waals surface area contributed by atoms with Crippen LogP contribution in [0.5, 0.6) is 0 Å². The molecule has 3 heteroatoms. The average molecular weight is 118 g/mol. The van der Waals surface area contributed by atoms with Gasteiger partial charge in [0, 0.05) is 0 Å². The van der Waals surface area contributed by atoms with Crippen molar-refractivity contribution in [3.63, 3.8) is 0 Å². The second-order valence-electron chi connectivity index (χ2n) is 3.01. The van der Waals surface area contributed by atoms with Crippen molar-refractivity contribution in [2.24, 2.45) is 0 Å². The van der Waals surface area contributed by atoms with Crippen molar-refractivity contribution in [2.75, 3.05) is 0 Å². The van der Waals surface area contributed by atoms with Crippen LogP contribution in [0.2, 0.25) is 11.6 Å². The van der Waals surface area contributed by atoms with Gasteiger partial charge in [-0.15, -0.1) is 0 Å². The van der Waals surface area contributed by atoms with Gasteiger partial charge in [0.2, 0.25) is 0 Å². The van der Waals surface area contributed by atoms with Crippen molar-refractivity contribution in [3.8, 4) is 0 Å². The van der Waals surface area contributed by atoms with Crippen LogP contribution in [0.3, 0.4) is 0 Å². The fourth-order valence-corrected chi connectivity index (χ4v) is 1.48. The summed E-state index contributed by atoms with van der Waals surface area (Å²) >= 11 is 0. The van der Waals surface area contributed by atoms with Crippen molar-refractivity contribution in [2.45, 2.75) is 36.7 Å². The summed E-state index contributed by atoms with van der Waals surface area (Å²) < 4.78 is 5.26. The lowest BCUT2D eigenvalue weighted by Gasteiger charge is -2.22. The fraction of sp³-hybridized carbons (Fsp3) is 1.00. The van der Waals surface area contributed by atoms with E-state index in [1.807, 2.05) is 0 Å². The topological polar surface area (TPSA) is 12.5 Å². The molecule has 2 aliphatic rings. The highest BCUT2D eigenvalue weighted by Gasteiger charge is 2.44. The van der Waals surface area contributed by atoms with Gasteiger partial charge >= 0.3 is 0 Å². The van der Waals surface area contributed by atoms with Crippen molar-refractivity contribution >= 4 is 15.7 Å². The summed E-state index contributed by atoms with van der Waals surface area (Å²) in [6, 6.07) is 0.